The summed E-state index contributed by atoms with van der Waals surface area (Å²) < 4.78 is 4.60. The molecule has 0 N–H and O–H groups in total. The van der Waals surface area contributed by atoms with Crippen molar-refractivity contribution in [3.8, 4) is 0 Å². The Labute approximate surface area is 111 Å². The second kappa shape index (κ2) is 6.76. The summed E-state index contributed by atoms with van der Waals surface area (Å²) in [4.78, 5) is 4.94. The molecule has 0 spiro atoms. The summed E-state index contributed by atoms with van der Waals surface area (Å²) in [6, 6.07) is 0. The molecule has 0 bridgehead atoms. The molecule has 2 aliphatic heterocycles. The average molecular weight is 252 g/mol. The molecule has 0 fully saturated rings. The second-order valence-electron chi connectivity index (χ2n) is 5.68. The maximum atomic E-state index is 2.47. The first kappa shape index (κ1) is 13.4. The Kier molecular flexibility index (Phi) is 5.02. The van der Waals surface area contributed by atoms with Crippen LogP contribution in [0.15, 0.2) is 0 Å². The quantitative estimate of drug-likeness (QED) is 0.522. The number of rotatable bonds is 5. The Hall–Kier alpha value is -1.06. The van der Waals surface area contributed by atoms with E-state index in [0.717, 1.165) is 0 Å². The van der Waals surface area contributed by atoms with E-state index < -0.39 is 0 Å². The summed E-state index contributed by atoms with van der Waals surface area (Å²) in [6.45, 7) is 7.34. The topological polar surface area (TPSA) is 12.5 Å². The number of nitrogens with zero attached hydrogens (tertiary/aromatic N) is 4. The van der Waals surface area contributed by atoms with Crippen molar-refractivity contribution in [2.24, 2.45) is 0 Å². The Morgan fingerprint density at radius 1 is 0.833 bits per heavy atom. The van der Waals surface area contributed by atoms with Gasteiger partial charge in [-0.15, -0.1) is 0 Å². The zero-order valence-corrected chi connectivity index (χ0v) is 12.0. The molecule has 18 heavy (non-hydrogen) atoms. The molecule has 0 radical (unpaired) electrons. The van der Waals surface area contributed by atoms with E-state index in [2.05, 4.69) is 45.7 Å². The third kappa shape index (κ3) is 4.31. The molecule has 0 saturated carbocycles. The molecule has 2 rings (SSSR count). The van der Waals surface area contributed by atoms with Gasteiger partial charge in [-0.05, 0) is 12.8 Å². The Morgan fingerprint density at radius 3 is 1.67 bits per heavy atom. The molecule has 0 aromatic rings. The normalized spacial score (nSPS) is 20.8. The third-order valence-corrected chi connectivity index (χ3v) is 3.77. The molecule has 0 saturated heterocycles. The lowest BCUT2D eigenvalue weighted by atomic mass is 10.2. The molecule has 4 nitrogen and oxygen atoms in total. The maximum absolute atomic E-state index is 2.47. The van der Waals surface area contributed by atoms with E-state index in [1.54, 1.807) is 0 Å². The minimum Gasteiger partial charge on any atom is -0.271 e. The fourth-order valence-corrected chi connectivity index (χ4v) is 2.80. The first-order valence-corrected chi connectivity index (χ1v) is 7.32. The molecule has 0 aromatic heterocycles. The van der Waals surface area contributed by atoms with Crippen LogP contribution in [0, 0.1) is 0 Å². The highest BCUT2D eigenvalue weighted by atomic mass is 15.2. The molecule has 0 aromatic carbocycles. The summed E-state index contributed by atoms with van der Waals surface area (Å²) in [5.41, 5.74) is 0. The zero-order valence-electron chi connectivity index (χ0n) is 12.0. The van der Waals surface area contributed by atoms with E-state index in [0.29, 0.717) is 0 Å². The number of hydrogen-bond donors (Lipinski definition) is 0. The molecule has 4 heteroatoms. The third-order valence-electron chi connectivity index (χ3n) is 3.77. The lowest BCUT2D eigenvalue weighted by molar-refractivity contribution is -0.503. The SMILES string of the molecule is C[N+]1=CN(CCCCN2C=[N+](C)CCC2)CCC1. The lowest BCUT2D eigenvalue weighted by Gasteiger charge is -2.20. The van der Waals surface area contributed by atoms with Gasteiger partial charge >= 0.3 is 0 Å². The van der Waals surface area contributed by atoms with Crippen LogP contribution in [0.2, 0.25) is 0 Å². The van der Waals surface area contributed by atoms with Crippen molar-refractivity contribution in [2.75, 3.05) is 53.4 Å². The van der Waals surface area contributed by atoms with Crippen LogP contribution in [0.25, 0.3) is 0 Å². The average Bonchev–Trinajstić information content (AvgIpc) is 2.35. The van der Waals surface area contributed by atoms with E-state index in [4.69, 9.17) is 0 Å². The van der Waals surface area contributed by atoms with Gasteiger partial charge in [0.25, 0.3) is 0 Å². The van der Waals surface area contributed by atoms with E-state index >= 15 is 0 Å². The number of hydrogen-bond acceptors (Lipinski definition) is 2. The molecule has 0 aliphatic carbocycles. The smallest absolute Gasteiger partial charge is 0.233 e. The van der Waals surface area contributed by atoms with E-state index in [-0.39, 0.29) is 0 Å². The molecule has 2 heterocycles. The van der Waals surface area contributed by atoms with Crippen LogP contribution in [0.5, 0.6) is 0 Å². The van der Waals surface area contributed by atoms with Crippen LogP contribution in [0.4, 0.5) is 0 Å². The van der Waals surface area contributed by atoms with Gasteiger partial charge in [0.05, 0.1) is 53.4 Å². The maximum Gasteiger partial charge on any atom is 0.233 e. The predicted octanol–water partition coefficient (Wildman–Crippen LogP) is 0.519. The lowest BCUT2D eigenvalue weighted by Crippen LogP contribution is -2.37. The Balaban J connectivity index is 1.61. The summed E-state index contributed by atoms with van der Waals surface area (Å²) in [7, 11) is 4.34. The van der Waals surface area contributed by atoms with Crippen molar-refractivity contribution in [1.82, 2.24) is 9.80 Å². The van der Waals surface area contributed by atoms with Crippen LogP contribution in [0.1, 0.15) is 25.7 Å². The molecule has 0 atom stereocenters. The standard InChI is InChI=1S/C14H28N4/c1-15-7-5-11-17(13-15)9-3-4-10-18-12-6-8-16(2)14-18/h13-14H,3-12H2,1-2H3/q+2. The van der Waals surface area contributed by atoms with Gasteiger partial charge in [-0.2, -0.15) is 0 Å². The van der Waals surface area contributed by atoms with E-state index in [1.165, 1.54) is 65.0 Å². The minimum absolute atomic E-state index is 1.21. The highest BCUT2D eigenvalue weighted by Crippen LogP contribution is 2.02. The molecule has 2 aliphatic rings. The second-order valence-corrected chi connectivity index (χ2v) is 5.68. The molecule has 0 amide bonds. The van der Waals surface area contributed by atoms with Crippen molar-refractivity contribution in [3.05, 3.63) is 0 Å². The first-order chi connectivity index (χ1) is 8.74. The molecule has 0 unspecified atom stereocenters. The van der Waals surface area contributed by atoms with Crippen molar-refractivity contribution >= 4 is 12.7 Å². The van der Waals surface area contributed by atoms with Crippen LogP contribution in [-0.4, -0.2) is 85.0 Å². The van der Waals surface area contributed by atoms with Gasteiger partial charge in [0.2, 0.25) is 12.7 Å². The molecular formula is C14H28N4+2. The van der Waals surface area contributed by atoms with Crippen LogP contribution in [0.3, 0.4) is 0 Å². The van der Waals surface area contributed by atoms with E-state index in [9.17, 15) is 0 Å². The largest absolute Gasteiger partial charge is 0.271 e. The Bertz CT molecular complexity index is 290. The summed E-state index contributed by atoms with van der Waals surface area (Å²) in [5.74, 6) is 0. The monoisotopic (exact) mass is 252 g/mol. The van der Waals surface area contributed by atoms with Crippen molar-refractivity contribution in [1.29, 1.82) is 0 Å². The summed E-state index contributed by atoms with van der Waals surface area (Å²) >= 11 is 0. The van der Waals surface area contributed by atoms with Gasteiger partial charge in [0.1, 0.15) is 0 Å². The van der Waals surface area contributed by atoms with Crippen LogP contribution < -0.4 is 0 Å². The van der Waals surface area contributed by atoms with Crippen molar-refractivity contribution < 1.29 is 9.15 Å². The van der Waals surface area contributed by atoms with Crippen LogP contribution >= 0.6 is 0 Å². The minimum atomic E-state index is 1.21. The fraction of sp³-hybridized carbons (Fsp3) is 0.857. The number of unbranched alkanes of at least 4 members (excludes halogenated alkanes) is 1. The van der Waals surface area contributed by atoms with Gasteiger partial charge < -0.3 is 0 Å². The van der Waals surface area contributed by atoms with Crippen molar-refractivity contribution in [3.63, 3.8) is 0 Å². The van der Waals surface area contributed by atoms with Gasteiger partial charge in [-0.1, -0.05) is 0 Å². The summed E-state index contributed by atoms with van der Waals surface area (Å²) in [5, 5.41) is 0. The predicted molar refractivity (Wildman–Crippen MR) is 75.8 cm³/mol. The zero-order chi connectivity index (χ0) is 12.8. The van der Waals surface area contributed by atoms with Crippen molar-refractivity contribution in [2.45, 2.75) is 25.7 Å². The summed E-state index contributed by atoms with van der Waals surface area (Å²) in [6.07, 6.45) is 9.78. The Morgan fingerprint density at radius 2 is 1.28 bits per heavy atom. The highest BCUT2D eigenvalue weighted by molar-refractivity contribution is 5.49. The van der Waals surface area contributed by atoms with E-state index in [1.807, 2.05) is 0 Å². The first-order valence-electron chi connectivity index (χ1n) is 7.32. The van der Waals surface area contributed by atoms with Gasteiger partial charge in [-0.25, -0.2) is 0 Å². The van der Waals surface area contributed by atoms with Gasteiger partial charge in [0, 0.05) is 12.8 Å². The molecule has 102 valence electrons. The highest BCUT2D eigenvalue weighted by Gasteiger charge is 2.15. The van der Waals surface area contributed by atoms with Gasteiger partial charge in [-0.3, -0.25) is 19.0 Å². The van der Waals surface area contributed by atoms with Gasteiger partial charge in [0.15, 0.2) is 0 Å². The van der Waals surface area contributed by atoms with Crippen LogP contribution in [-0.2, 0) is 0 Å². The fourth-order valence-electron chi connectivity index (χ4n) is 2.80. The molecular weight excluding hydrogens is 224 g/mol.